The molecule has 4 heteroatoms. The molecule has 16 heavy (non-hydrogen) atoms. The Balaban J connectivity index is 2.54. The molecule has 1 aromatic carbocycles. The molecule has 0 aliphatic rings. The molecule has 4 N–H and O–H groups in total. The Bertz CT molecular complexity index is 349. The van der Waals surface area contributed by atoms with Crippen molar-refractivity contribution in [2.24, 2.45) is 5.73 Å². The van der Waals surface area contributed by atoms with Gasteiger partial charge in [0.2, 0.25) is 5.91 Å². The van der Waals surface area contributed by atoms with E-state index in [0.29, 0.717) is 6.42 Å². The number of nitrogens with two attached hydrogens (primary N) is 1. The number of phenolic OH excluding ortho intramolecular Hbond substituents is 1. The van der Waals surface area contributed by atoms with Gasteiger partial charge >= 0.3 is 0 Å². The van der Waals surface area contributed by atoms with E-state index in [1.807, 2.05) is 26.0 Å². The Hall–Kier alpha value is -1.55. The van der Waals surface area contributed by atoms with Gasteiger partial charge < -0.3 is 16.2 Å². The largest absolute Gasteiger partial charge is 0.508 e. The van der Waals surface area contributed by atoms with Crippen LogP contribution in [0.25, 0.3) is 0 Å². The summed E-state index contributed by atoms with van der Waals surface area (Å²) in [6.45, 7) is 3.92. The van der Waals surface area contributed by atoms with Crippen LogP contribution >= 0.6 is 0 Å². The zero-order valence-corrected chi connectivity index (χ0v) is 9.60. The van der Waals surface area contributed by atoms with Crippen molar-refractivity contribution in [2.75, 3.05) is 0 Å². The molecule has 2 atom stereocenters. The fourth-order valence-electron chi connectivity index (χ4n) is 1.65. The highest BCUT2D eigenvalue weighted by atomic mass is 16.3. The number of carbonyl (C=O) groups excluding carboxylic acids is 1. The summed E-state index contributed by atoms with van der Waals surface area (Å²) in [6.07, 6.45) is 0.322. The first-order valence-electron chi connectivity index (χ1n) is 5.32. The highest BCUT2D eigenvalue weighted by Gasteiger charge is 2.11. The van der Waals surface area contributed by atoms with E-state index in [1.54, 1.807) is 12.1 Å². The number of amides is 1. The fourth-order valence-corrected chi connectivity index (χ4v) is 1.65. The van der Waals surface area contributed by atoms with E-state index in [0.717, 1.165) is 5.56 Å². The van der Waals surface area contributed by atoms with Crippen molar-refractivity contribution < 1.29 is 9.90 Å². The van der Waals surface area contributed by atoms with Crippen molar-refractivity contribution in [2.45, 2.75) is 32.4 Å². The Morgan fingerprint density at radius 2 is 1.94 bits per heavy atom. The summed E-state index contributed by atoms with van der Waals surface area (Å²) in [5.41, 5.74) is 6.18. The Morgan fingerprint density at radius 1 is 1.38 bits per heavy atom. The van der Waals surface area contributed by atoms with Crippen LogP contribution in [0, 0.1) is 0 Å². The van der Waals surface area contributed by atoms with E-state index in [2.05, 4.69) is 5.32 Å². The third-order valence-electron chi connectivity index (χ3n) is 2.43. The van der Waals surface area contributed by atoms with Gasteiger partial charge in [0.15, 0.2) is 0 Å². The number of nitrogens with one attached hydrogen (secondary N) is 1. The lowest BCUT2D eigenvalue weighted by Gasteiger charge is -2.19. The average molecular weight is 222 g/mol. The molecule has 0 saturated heterocycles. The van der Waals surface area contributed by atoms with Crippen molar-refractivity contribution in [3.05, 3.63) is 29.8 Å². The fraction of sp³-hybridized carbons (Fsp3) is 0.417. The van der Waals surface area contributed by atoms with Gasteiger partial charge in [-0.05, 0) is 31.5 Å². The molecule has 0 aromatic heterocycles. The van der Waals surface area contributed by atoms with E-state index >= 15 is 0 Å². The molecule has 1 rings (SSSR count). The van der Waals surface area contributed by atoms with Gasteiger partial charge in [0, 0.05) is 18.5 Å². The minimum absolute atomic E-state index is 0.0429. The summed E-state index contributed by atoms with van der Waals surface area (Å²) >= 11 is 0. The van der Waals surface area contributed by atoms with Gasteiger partial charge in [-0.2, -0.15) is 0 Å². The van der Waals surface area contributed by atoms with E-state index in [9.17, 15) is 4.79 Å². The summed E-state index contributed by atoms with van der Waals surface area (Å²) in [6, 6.07) is 7.16. The van der Waals surface area contributed by atoms with Gasteiger partial charge in [0.05, 0.1) is 0 Å². The zero-order valence-electron chi connectivity index (χ0n) is 9.60. The second kappa shape index (κ2) is 5.51. The third kappa shape index (κ3) is 3.90. The lowest BCUT2D eigenvalue weighted by molar-refractivity contribution is -0.118. The normalized spacial score (nSPS) is 14.4. The molecule has 4 nitrogen and oxygen atoms in total. The molecule has 0 saturated carbocycles. The second-order valence-corrected chi connectivity index (χ2v) is 4.05. The van der Waals surface area contributed by atoms with E-state index in [-0.39, 0.29) is 23.7 Å². The molecule has 0 bridgehead atoms. The van der Waals surface area contributed by atoms with Crippen LogP contribution in [0.3, 0.4) is 0 Å². The molecular weight excluding hydrogens is 204 g/mol. The zero-order chi connectivity index (χ0) is 12.1. The van der Waals surface area contributed by atoms with Gasteiger partial charge in [-0.1, -0.05) is 12.1 Å². The topological polar surface area (TPSA) is 75.4 Å². The summed E-state index contributed by atoms with van der Waals surface area (Å²) in [7, 11) is 0. The van der Waals surface area contributed by atoms with Crippen LogP contribution in [0.5, 0.6) is 5.75 Å². The van der Waals surface area contributed by atoms with Crippen molar-refractivity contribution in [1.29, 1.82) is 0 Å². The quantitative estimate of drug-likeness (QED) is 0.703. The monoisotopic (exact) mass is 222 g/mol. The van der Waals surface area contributed by atoms with E-state index in [4.69, 9.17) is 10.8 Å². The smallest absolute Gasteiger partial charge is 0.218 e. The second-order valence-electron chi connectivity index (χ2n) is 4.05. The Labute approximate surface area is 95.5 Å². The minimum atomic E-state index is -0.307. The molecule has 88 valence electrons. The molecule has 0 spiro atoms. The van der Waals surface area contributed by atoms with E-state index in [1.165, 1.54) is 0 Å². The third-order valence-corrected chi connectivity index (χ3v) is 2.43. The predicted molar refractivity (Wildman–Crippen MR) is 62.9 cm³/mol. The van der Waals surface area contributed by atoms with Crippen LogP contribution in [-0.2, 0) is 4.79 Å². The maximum atomic E-state index is 10.7. The summed E-state index contributed by atoms with van der Waals surface area (Å²) in [5.74, 6) is -0.0564. The minimum Gasteiger partial charge on any atom is -0.508 e. The molecule has 0 heterocycles. The average Bonchev–Trinajstić information content (AvgIpc) is 2.16. The molecule has 0 aliphatic heterocycles. The molecule has 1 amide bonds. The standard InChI is InChI=1S/C12H18N2O2/c1-8(7-12(13)16)14-9(2)10-3-5-11(15)6-4-10/h3-6,8-9,14-15H,7H2,1-2H3,(H2,13,16). The van der Waals surface area contributed by atoms with Crippen molar-refractivity contribution in [3.8, 4) is 5.75 Å². The van der Waals surface area contributed by atoms with Gasteiger partial charge in [0.25, 0.3) is 0 Å². The van der Waals surface area contributed by atoms with Crippen LogP contribution in [0.2, 0.25) is 0 Å². The van der Waals surface area contributed by atoms with Crippen LogP contribution in [0.15, 0.2) is 24.3 Å². The number of rotatable bonds is 5. The number of primary amides is 1. The number of phenols is 1. The maximum absolute atomic E-state index is 10.7. The number of benzene rings is 1. The maximum Gasteiger partial charge on any atom is 0.218 e. The number of carbonyl (C=O) groups is 1. The first-order chi connectivity index (χ1) is 7.49. The van der Waals surface area contributed by atoms with Crippen LogP contribution in [0.4, 0.5) is 0 Å². The molecule has 0 fully saturated rings. The predicted octanol–water partition coefficient (Wildman–Crippen LogP) is 1.31. The molecular formula is C12H18N2O2. The first-order valence-corrected chi connectivity index (χ1v) is 5.32. The Morgan fingerprint density at radius 3 is 2.44 bits per heavy atom. The summed E-state index contributed by atoms with van der Waals surface area (Å²) in [5, 5.41) is 12.4. The number of hydrogen-bond donors (Lipinski definition) is 3. The van der Waals surface area contributed by atoms with Crippen molar-refractivity contribution >= 4 is 5.91 Å². The highest BCUT2D eigenvalue weighted by Crippen LogP contribution is 2.17. The van der Waals surface area contributed by atoms with Gasteiger partial charge in [0.1, 0.15) is 5.75 Å². The molecule has 2 unspecified atom stereocenters. The number of hydrogen-bond acceptors (Lipinski definition) is 3. The van der Waals surface area contributed by atoms with Crippen molar-refractivity contribution in [3.63, 3.8) is 0 Å². The molecule has 0 aliphatic carbocycles. The Kier molecular flexibility index (Phi) is 4.31. The lowest BCUT2D eigenvalue weighted by atomic mass is 10.1. The molecule has 1 aromatic rings. The van der Waals surface area contributed by atoms with Gasteiger partial charge in [-0.15, -0.1) is 0 Å². The van der Waals surface area contributed by atoms with E-state index < -0.39 is 0 Å². The van der Waals surface area contributed by atoms with Gasteiger partial charge in [-0.3, -0.25) is 4.79 Å². The first kappa shape index (κ1) is 12.5. The lowest BCUT2D eigenvalue weighted by Crippen LogP contribution is -2.32. The number of aromatic hydroxyl groups is 1. The van der Waals surface area contributed by atoms with Crippen LogP contribution in [0.1, 0.15) is 31.9 Å². The highest BCUT2D eigenvalue weighted by molar-refractivity contribution is 5.74. The van der Waals surface area contributed by atoms with Crippen LogP contribution < -0.4 is 11.1 Å². The SMILES string of the molecule is CC(CC(N)=O)NC(C)c1ccc(O)cc1. The van der Waals surface area contributed by atoms with Gasteiger partial charge in [-0.25, -0.2) is 0 Å². The molecule has 0 radical (unpaired) electrons. The summed E-state index contributed by atoms with van der Waals surface area (Å²) < 4.78 is 0. The van der Waals surface area contributed by atoms with Crippen molar-refractivity contribution in [1.82, 2.24) is 5.32 Å². The summed E-state index contributed by atoms with van der Waals surface area (Å²) in [4.78, 5) is 10.7. The van der Waals surface area contributed by atoms with Crippen LogP contribution in [-0.4, -0.2) is 17.1 Å².